The summed E-state index contributed by atoms with van der Waals surface area (Å²) in [5.41, 5.74) is -3.43. The first kappa shape index (κ1) is 31.9. The smallest absolute Gasteiger partial charge is 0.417 e. The van der Waals surface area contributed by atoms with Gasteiger partial charge in [0.2, 0.25) is 10.0 Å². The number of sulfonamides is 1. The van der Waals surface area contributed by atoms with Gasteiger partial charge in [0.15, 0.2) is 6.61 Å². The largest absolute Gasteiger partial charge is 0.484 e. The second-order valence-corrected chi connectivity index (χ2v) is 11.7. The Bertz CT molecular complexity index is 1400. The van der Waals surface area contributed by atoms with Crippen LogP contribution in [0.25, 0.3) is 0 Å². The molecule has 14 heteroatoms. The Balaban J connectivity index is 1.71. The molecule has 222 valence electrons. The molecule has 3 rings (SSSR count). The zero-order valence-electron chi connectivity index (χ0n) is 22.3. The molecule has 41 heavy (non-hydrogen) atoms. The minimum atomic E-state index is -4.81. The van der Waals surface area contributed by atoms with Crippen LogP contribution in [0.5, 0.6) is 5.75 Å². The number of benzene rings is 2. The molecule has 0 saturated heterocycles. The second kappa shape index (κ2) is 13.3. The maximum atomic E-state index is 13.4. The fourth-order valence-electron chi connectivity index (χ4n) is 4.70. The van der Waals surface area contributed by atoms with E-state index in [0.29, 0.717) is 24.5 Å². The van der Waals surface area contributed by atoms with Crippen LogP contribution in [0, 0.1) is 17.2 Å². The van der Waals surface area contributed by atoms with Gasteiger partial charge in [0.1, 0.15) is 11.4 Å². The molecule has 0 spiro atoms. The van der Waals surface area contributed by atoms with Crippen molar-refractivity contribution in [3.05, 3.63) is 59.2 Å². The van der Waals surface area contributed by atoms with Gasteiger partial charge >= 0.3 is 6.18 Å². The van der Waals surface area contributed by atoms with Crippen molar-refractivity contribution in [2.75, 3.05) is 31.3 Å². The second-order valence-electron chi connectivity index (χ2n) is 9.86. The summed E-state index contributed by atoms with van der Waals surface area (Å²) in [6.45, 7) is -0.291. The van der Waals surface area contributed by atoms with E-state index in [1.54, 1.807) is 24.3 Å². The molecule has 1 atom stereocenters. The molecular weight excluding hydrogens is 565 g/mol. The molecule has 1 aliphatic rings. The van der Waals surface area contributed by atoms with E-state index in [0.717, 1.165) is 25.2 Å². The first-order valence-corrected chi connectivity index (χ1v) is 14.7. The Labute approximate surface area is 235 Å². The standard InChI is InChI=1S/C27H31F3N4O6S/c1-41(38,39)33-12-11-32-24(35)17-40-22-8-4-5-18(13-22)15-26(37,20-6-2-3-7-20)25(36)34-21-10-9-19(16-31)23(14-21)27(28,29)30/h4-5,8-10,13-14,20,33,37H,2-3,6-7,11-12,15,17H2,1H3,(H,32,35)(H,34,36). The van der Waals surface area contributed by atoms with Crippen molar-refractivity contribution in [3.63, 3.8) is 0 Å². The van der Waals surface area contributed by atoms with E-state index in [9.17, 15) is 36.3 Å². The maximum Gasteiger partial charge on any atom is 0.417 e. The summed E-state index contributed by atoms with van der Waals surface area (Å²) in [6.07, 6.45) is -1.30. The van der Waals surface area contributed by atoms with E-state index in [-0.39, 0.29) is 37.6 Å². The number of amides is 2. The summed E-state index contributed by atoms with van der Waals surface area (Å²) < 4.78 is 70.1. The topological polar surface area (TPSA) is 158 Å². The fraction of sp³-hybridized carbons (Fsp3) is 0.444. The predicted octanol–water partition coefficient (Wildman–Crippen LogP) is 2.72. The van der Waals surface area contributed by atoms with Gasteiger partial charge in [-0.1, -0.05) is 25.0 Å². The molecule has 4 N–H and O–H groups in total. The molecule has 0 heterocycles. The Hall–Kier alpha value is -3.67. The minimum absolute atomic E-state index is 0.0157. The summed E-state index contributed by atoms with van der Waals surface area (Å²) in [7, 11) is -3.38. The highest BCUT2D eigenvalue weighted by Crippen LogP contribution is 2.38. The molecule has 0 aliphatic heterocycles. The molecule has 1 aliphatic carbocycles. The van der Waals surface area contributed by atoms with Crippen LogP contribution in [0.1, 0.15) is 42.4 Å². The lowest BCUT2D eigenvalue weighted by Gasteiger charge is -2.33. The van der Waals surface area contributed by atoms with Crippen LogP contribution in [0.2, 0.25) is 0 Å². The SMILES string of the molecule is CS(=O)(=O)NCCNC(=O)COc1cccc(CC(O)(C(=O)Nc2ccc(C#N)c(C(F)(F)F)c2)C2CCCC2)c1. The normalized spacial score (nSPS) is 15.5. The van der Waals surface area contributed by atoms with Gasteiger partial charge in [-0.15, -0.1) is 0 Å². The van der Waals surface area contributed by atoms with Crippen LogP contribution in [0.4, 0.5) is 18.9 Å². The lowest BCUT2D eigenvalue weighted by Crippen LogP contribution is -2.50. The van der Waals surface area contributed by atoms with E-state index >= 15 is 0 Å². The van der Waals surface area contributed by atoms with Gasteiger partial charge in [0.25, 0.3) is 11.8 Å². The zero-order valence-corrected chi connectivity index (χ0v) is 23.1. The third-order valence-electron chi connectivity index (χ3n) is 6.68. The average molecular weight is 597 g/mol. The number of nitrogens with zero attached hydrogens (tertiary/aromatic N) is 1. The number of carbonyl (C=O) groups is 2. The van der Waals surface area contributed by atoms with Crippen LogP contribution in [-0.2, 0) is 32.2 Å². The summed E-state index contributed by atoms with van der Waals surface area (Å²) in [4.78, 5) is 25.4. The highest BCUT2D eigenvalue weighted by molar-refractivity contribution is 7.88. The molecular formula is C27H31F3N4O6S. The van der Waals surface area contributed by atoms with Crippen molar-refractivity contribution in [1.29, 1.82) is 5.26 Å². The predicted molar refractivity (Wildman–Crippen MR) is 143 cm³/mol. The van der Waals surface area contributed by atoms with Crippen LogP contribution >= 0.6 is 0 Å². The molecule has 0 radical (unpaired) electrons. The highest BCUT2D eigenvalue weighted by atomic mass is 32.2. The maximum absolute atomic E-state index is 13.4. The van der Waals surface area contributed by atoms with Gasteiger partial charge < -0.3 is 20.5 Å². The van der Waals surface area contributed by atoms with Crippen molar-refractivity contribution in [2.24, 2.45) is 5.92 Å². The van der Waals surface area contributed by atoms with Crippen molar-refractivity contribution >= 4 is 27.5 Å². The first-order valence-electron chi connectivity index (χ1n) is 12.8. The number of halogens is 3. The van der Waals surface area contributed by atoms with Crippen molar-refractivity contribution in [3.8, 4) is 11.8 Å². The van der Waals surface area contributed by atoms with Gasteiger partial charge in [0.05, 0.1) is 23.5 Å². The monoisotopic (exact) mass is 596 g/mol. The van der Waals surface area contributed by atoms with Gasteiger partial charge in [-0.05, 0) is 54.7 Å². The fourth-order valence-corrected chi connectivity index (χ4v) is 5.17. The Morgan fingerprint density at radius 1 is 1.12 bits per heavy atom. The van der Waals surface area contributed by atoms with E-state index in [2.05, 4.69) is 15.4 Å². The minimum Gasteiger partial charge on any atom is -0.484 e. The molecule has 0 aromatic heterocycles. The van der Waals surface area contributed by atoms with Crippen molar-refractivity contribution < 1.29 is 41.0 Å². The van der Waals surface area contributed by atoms with Crippen LogP contribution in [-0.4, -0.2) is 56.9 Å². The lowest BCUT2D eigenvalue weighted by atomic mass is 9.80. The van der Waals surface area contributed by atoms with E-state index in [1.807, 2.05) is 0 Å². The highest BCUT2D eigenvalue weighted by Gasteiger charge is 2.45. The number of ether oxygens (including phenoxy) is 1. The number of carbonyl (C=O) groups excluding carboxylic acids is 2. The number of nitrogens with one attached hydrogen (secondary N) is 3. The number of anilines is 1. The van der Waals surface area contributed by atoms with Gasteiger partial charge in [0, 0.05) is 25.2 Å². The number of alkyl halides is 3. The van der Waals surface area contributed by atoms with Crippen LogP contribution < -0.4 is 20.1 Å². The van der Waals surface area contributed by atoms with Crippen molar-refractivity contribution in [2.45, 2.75) is 43.9 Å². The third-order valence-corrected chi connectivity index (χ3v) is 7.41. The Morgan fingerprint density at radius 2 is 1.83 bits per heavy atom. The summed E-state index contributed by atoms with van der Waals surface area (Å²) in [5, 5.41) is 25.6. The van der Waals surface area contributed by atoms with Crippen LogP contribution in [0.3, 0.4) is 0 Å². The third kappa shape index (κ3) is 9.17. The van der Waals surface area contributed by atoms with Gasteiger partial charge in [-0.2, -0.15) is 18.4 Å². The molecule has 2 aromatic carbocycles. The van der Waals surface area contributed by atoms with Crippen molar-refractivity contribution in [1.82, 2.24) is 10.0 Å². The summed E-state index contributed by atoms with van der Waals surface area (Å²) in [6, 6.07) is 10.7. The first-order chi connectivity index (χ1) is 19.2. The average Bonchev–Trinajstić information content (AvgIpc) is 3.45. The number of rotatable bonds is 12. The van der Waals surface area contributed by atoms with E-state index in [1.165, 1.54) is 12.1 Å². The van der Waals surface area contributed by atoms with E-state index < -0.39 is 50.7 Å². The number of nitriles is 1. The number of hydrogen-bond acceptors (Lipinski definition) is 7. The quantitative estimate of drug-likeness (QED) is 0.274. The molecule has 1 fully saturated rings. The lowest BCUT2D eigenvalue weighted by molar-refractivity contribution is -0.140. The Kier molecular flexibility index (Phi) is 10.4. The van der Waals surface area contributed by atoms with Gasteiger partial charge in [-0.3, -0.25) is 9.59 Å². The Morgan fingerprint density at radius 3 is 2.46 bits per heavy atom. The summed E-state index contributed by atoms with van der Waals surface area (Å²) in [5.74, 6) is -1.52. The van der Waals surface area contributed by atoms with Gasteiger partial charge in [-0.25, -0.2) is 13.1 Å². The molecule has 1 unspecified atom stereocenters. The van der Waals surface area contributed by atoms with E-state index in [4.69, 9.17) is 10.00 Å². The molecule has 1 saturated carbocycles. The van der Waals surface area contributed by atoms with Crippen LogP contribution in [0.15, 0.2) is 42.5 Å². The molecule has 0 bridgehead atoms. The molecule has 2 amide bonds. The zero-order chi connectivity index (χ0) is 30.3. The number of hydrogen-bond donors (Lipinski definition) is 4. The molecule has 10 nitrogen and oxygen atoms in total. The summed E-state index contributed by atoms with van der Waals surface area (Å²) >= 11 is 0. The molecule has 2 aromatic rings. The number of aliphatic hydroxyl groups is 1.